The van der Waals surface area contributed by atoms with Crippen LogP contribution in [0.15, 0.2) is 54.7 Å². The van der Waals surface area contributed by atoms with E-state index in [0.29, 0.717) is 5.69 Å². The average Bonchev–Trinajstić information content (AvgIpc) is 3.26. The fraction of sp³-hybridized carbons (Fsp3) is 0.105. The maximum Gasteiger partial charge on any atom is 0.166 e. The van der Waals surface area contributed by atoms with Gasteiger partial charge in [-0.1, -0.05) is 18.1 Å². The molecule has 2 N–H and O–H groups in total. The highest BCUT2D eigenvalue weighted by atomic mass is 16.5. The standard InChI is InChI=1S/C19H16N2O2/c1-2-12-23-16-8-5-14(6-9-16)19(17-4-3-11-20-17)18-10-7-15(13-22)21-18/h1,3-11,13,19-21H,12H2. The molecule has 0 aliphatic rings. The molecule has 2 aromatic heterocycles. The summed E-state index contributed by atoms with van der Waals surface area (Å²) < 4.78 is 5.41. The minimum absolute atomic E-state index is 0.0135. The molecule has 1 atom stereocenters. The van der Waals surface area contributed by atoms with E-state index in [1.54, 1.807) is 6.07 Å². The van der Waals surface area contributed by atoms with Crippen LogP contribution in [0.3, 0.4) is 0 Å². The Labute approximate surface area is 134 Å². The third-order valence-electron chi connectivity index (χ3n) is 3.64. The second kappa shape index (κ2) is 6.71. The van der Waals surface area contributed by atoms with Gasteiger partial charge in [-0.2, -0.15) is 0 Å². The number of nitrogens with one attached hydrogen (secondary N) is 2. The largest absolute Gasteiger partial charge is 0.481 e. The second-order valence-corrected chi connectivity index (χ2v) is 5.11. The Morgan fingerprint density at radius 2 is 1.96 bits per heavy atom. The molecule has 0 aliphatic carbocycles. The van der Waals surface area contributed by atoms with Gasteiger partial charge in [-0.05, 0) is 42.0 Å². The SMILES string of the molecule is C#CCOc1ccc(C(c2ccc[nH]2)c2ccc(C=O)[nH]2)cc1. The van der Waals surface area contributed by atoms with Crippen LogP contribution in [0, 0.1) is 12.3 Å². The summed E-state index contributed by atoms with van der Waals surface area (Å²) in [6, 6.07) is 15.5. The lowest BCUT2D eigenvalue weighted by Crippen LogP contribution is -2.05. The number of benzene rings is 1. The Morgan fingerprint density at radius 3 is 2.57 bits per heavy atom. The number of aromatic nitrogens is 2. The van der Waals surface area contributed by atoms with Crippen LogP contribution in [0.2, 0.25) is 0 Å². The first-order valence-corrected chi connectivity index (χ1v) is 7.25. The zero-order valence-corrected chi connectivity index (χ0v) is 12.5. The van der Waals surface area contributed by atoms with Crippen molar-refractivity contribution in [1.82, 2.24) is 9.97 Å². The first kappa shape index (κ1) is 14.7. The summed E-state index contributed by atoms with van der Waals surface area (Å²) in [5, 5.41) is 0. The third-order valence-corrected chi connectivity index (χ3v) is 3.64. The number of aromatic amines is 2. The van der Waals surface area contributed by atoms with Crippen LogP contribution in [0.25, 0.3) is 0 Å². The molecule has 2 heterocycles. The summed E-state index contributed by atoms with van der Waals surface area (Å²) in [6.07, 6.45) is 7.90. The van der Waals surface area contributed by atoms with Gasteiger partial charge in [0, 0.05) is 17.6 Å². The lowest BCUT2D eigenvalue weighted by atomic mass is 9.92. The zero-order valence-electron chi connectivity index (χ0n) is 12.5. The minimum atomic E-state index is -0.0135. The van der Waals surface area contributed by atoms with Crippen molar-refractivity contribution in [2.24, 2.45) is 0 Å². The van der Waals surface area contributed by atoms with E-state index in [1.807, 2.05) is 48.7 Å². The molecule has 1 aromatic carbocycles. The molecule has 0 fully saturated rings. The Hall–Kier alpha value is -3.19. The van der Waals surface area contributed by atoms with Crippen LogP contribution in [-0.4, -0.2) is 22.9 Å². The van der Waals surface area contributed by atoms with E-state index in [9.17, 15) is 4.79 Å². The van der Waals surface area contributed by atoms with E-state index >= 15 is 0 Å². The number of aldehydes is 1. The molecule has 0 bridgehead atoms. The number of rotatable bonds is 6. The van der Waals surface area contributed by atoms with E-state index in [2.05, 4.69) is 15.9 Å². The van der Waals surface area contributed by atoms with Crippen molar-refractivity contribution in [3.05, 3.63) is 77.4 Å². The first-order valence-electron chi connectivity index (χ1n) is 7.25. The van der Waals surface area contributed by atoms with E-state index in [0.717, 1.165) is 29.0 Å². The molecular formula is C19H16N2O2. The van der Waals surface area contributed by atoms with Crippen molar-refractivity contribution in [2.75, 3.05) is 6.61 Å². The molecule has 3 rings (SSSR count). The zero-order chi connectivity index (χ0) is 16.1. The van der Waals surface area contributed by atoms with Gasteiger partial charge < -0.3 is 14.7 Å². The topological polar surface area (TPSA) is 57.9 Å². The molecule has 0 saturated heterocycles. The Balaban J connectivity index is 1.95. The fourth-order valence-electron chi connectivity index (χ4n) is 2.60. The molecule has 0 radical (unpaired) electrons. The Morgan fingerprint density at radius 1 is 1.13 bits per heavy atom. The lowest BCUT2D eigenvalue weighted by Gasteiger charge is -2.16. The summed E-state index contributed by atoms with van der Waals surface area (Å²) >= 11 is 0. The van der Waals surface area contributed by atoms with Crippen molar-refractivity contribution in [3.63, 3.8) is 0 Å². The molecule has 23 heavy (non-hydrogen) atoms. The number of carbonyl (C=O) groups is 1. The smallest absolute Gasteiger partial charge is 0.166 e. The van der Waals surface area contributed by atoms with E-state index in [4.69, 9.17) is 11.2 Å². The molecule has 0 amide bonds. The molecule has 0 aliphatic heterocycles. The van der Waals surface area contributed by atoms with Gasteiger partial charge in [0.2, 0.25) is 0 Å². The van der Waals surface area contributed by atoms with Gasteiger partial charge in [0.25, 0.3) is 0 Å². The Bertz CT molecular complexity index is 808. The second-order valence-electron chi connectivity index (χ2n) is 5.11. The minimum Gasteiger partial charge on any atom is -0.481 e. The normalized spacial score (nSPS) is 11.6. The quantitative estimate of drug-likeness (QED) is 0.542. The summed E-state index contributed by atoms with van der Waals surface area (Å²) in [6.45, 7) is 0.249. The fourth-order valence-corrected chi connectivity index (χ4v) is 2.60. The van der Waals surface area contributed by atoms with Gasteiger partial charge in [-0.3, -0.25) is 4.79 Å². The Kier molecular flexibility index (Phi) is 4.30. The lowest BCUT2D eigenvalue weighted by molar-refractivity contribution is 0.111. The molecule has 3 aromatic rings. The monoisotopic (exact) mass is 304 g/mol. The van der Waals surface area contributed by atoms with Crippen LogP contribution in [0.4, 0.5) is 0 Å². The first-order chi connectivity index (χ1) is 11.3. The predicted octanol–water partition coefficient (Wildman–Crippen LogP) is 3.35. The molecule has 114 valence electrons. The van der Waals surface area contributed by atoms with Gasteiger partial charge in [0.1, 0.15) is 12.4 Å². The molecule has 1 unspecified atom stereocenters. The number of H-pyrrole nitrogens is 2. The molecular weight excluding hydrogens is 288 g/mol. The van der Waals surface area contributed by atoms with Crippen molar-refractivity contribution >= 4 is 6.29 Å². The highest BCUT2D eigenvalue weighted by molar-refractivity contribution is 5.72. The van der Waals surface area contributed by atoms with Crippen LogP contribution in [0.1, 0.15) is 33.4 Å². The summed E-state index contributed by atoms with van der Waals surface area (Å²) in [4.78, 5) is 17.3. The van der Waals surface area contributed by atoms with Crippen molar-refractivity contribution in [1.29, 1.82) is 0 Å². The van der Waals surface area contributed by atoms with Crippen molar-refractivity contribution < 1.29 is 9.53 Å². The summed E-state index contributed by atoms with van der Waals surface area (Å²) in [5.74, 6) is 3.17. The number of hydrogen-bond acceptors (Lipinski definition) is 2. The van der Waals surface area contributed by atoms with Gasteiger partial charge in [0.05, 0.1) is 11.6 Å². The van der Waals surface area contributed by atoms with Crippen molar-refractivity contribution in [3.8, 4) is 18.1 Å². The van der Waals surface area contributed by atoms with Crippen molar-refractivity contribution in [2.45, 2.75) is 5.92 Å². The van der Waals surface area contributed by atoms with Gasteiger partial charge in [-0.25, -0.2) is 0 Å². The van der Waals surface area contributed by atoms with E-state index < -0.39 is 0 Å². The maximum atomic E-state index is 10.9. The highest BCUT2D eigenvalue weighted by Gasteiger charge is 2.19. The molecule has 0 spiro atoms. The van der Waals surface area contributed by atoms with Crippen LogP contribution >= 0.6 is 0 Å². The third kappa shape index (κ3) is 3.19. The summed E-state index contributed by atoms with van der Waals surface area (Å²) in [7, 11) is 0. The van der Waals surface area contributed by atoms with Gasteiger partial charge >= 0.3 is 0 Å². The van der Waals surface area contributed by atoms with Gasteiger partial charge in [-0.15, -0.1) is 6.42 Å². The molecule has 4 nitrogen and oxygen atoms in total. The highest BCUT2D eigenvalue weighted by Crippen LogP contribution is 2.31. The average molecular weight is 304 g/mol. The van der Waals surface area contributed by atoms with E-state index in [-0.39, 0.29) is 12.5 Å². The van der Waals surface area contributed by atoms with Gasteiger partial charge in [0.15, 0.2) is 6.29 Å². The van der Waals surface area contributed by atoms with Crippen LogP contribution in [0.5, 0.6) is 5.75 Å². The van der Waals surface area contributed by atoms with Crippen LogP contribution in [-0.2, 0) is 0 Å². The molecule has 0 saturated carbocycles. The number of hydrogen-bond donors (Lipinski definition) is 2. The van der Waals surface area contributed by atoms with E-state index in [1.165, 1.54) is 0 Å². The summed E-state index contributed by atoms with van der Waals surface area (Å²) in [5.41, 5.74) is 3.64. The number of carbonyl (C=O) groups excluding carboxylic acids is 1. The van der Waals surface area contributed by atoms with Crippen LogP contribution < -0.4 is 4.74 Å². The number of terminal acetylenes is 1. The number of ether oxygens (including phenoxy) is 1. The predicted molar refractivity (Wildman–Crippen MR) is 88.7 cm³/mol. The molecule has 4 heteroatoms. The maximum absolute atomic E-state index is 10.9.